The molecule has 1 saturated heterocycles. The van der Waals surface area contributed by atoms with Gasteiger partial charge in [0.25, 0.3) is 5.91 Å². The fourth-order valence-electron chi connectivity index (χ4n) is 2.22. The molecule has 1 atom stereocenters. The summed E-state index contributed by atoms with van der Waals surface area (Å²) in [6, 6.07) is 7.88. The average molecular weight is 308 g/mol. The minimum atomic E-state index is -0.181. The summed E-state index contributed by atoms with van der Waals surface area (Å²) in [6.07, 6.45) is 2.85. The van der Waals surface area contributed by atoms with E-state index in [9.17, 15) is 4.79 Å². The van der Waals surface area contributed by atoms with Gasteiger partial charge in [0.15, 0.2) is 5.11 Å². The molecule has 0 bridgehead atoms. The first kappa shape index (κ1) is 15.3. The van der Waals surface area contributed by atoms with Crippen LogP contribution in [0.3, 0.4) is 0 Å². The predicted octanol–water partition coefficient (Wildman–Crippen LogP) is 3.15. The second kappa shape index (κ2) is 6.59. The predicted molar refractivity (Wildman–Crippen MR) is 90.5 cm³/mol. The van der Waals surface area contributed by atoms with E-state index in [1.54, 1.807) is 16.7 Å². The monoisotopic (exact) mass is 308 g/mol. The minimum absolute atomic E-state index is 0.0568. The maximum atomic E-state index is 12.4. The van der Waals surface area contributed by atoms with Crippen LogP contribution in [0.25, 0.3) is 0 Å². The summed E-state index contributed by atoms with van der Waals surface area (Å²) in [7, 11) is 0. The van der Waals surface area contributed by atoms with E-state index in [1.165, 1.54) is 5.56 Å². The maximum Gasteiger partial charge on any atom is 0.255 e. The van der Waals surface area contributed by atoms with Crippen LogP contribution in [-0.4, -0.2) is 29.1 Å². The van der Waals surface area contributed by atoms with Gasteiger partial charge in [0.05, 0.1) is 5.69 Å². The van der Waals surface area contributed by atoms with Gasteiger partial charge in [-0.05, 0) is 54.3 Å². The lowest BCUT2D eigenvalue weighted by Crippen LogP contribution is -2.31. The minimum Gasteiger partial charge on any atom is -0.350 e. The van der Waals surface area contributed by atoms with Crippen molar-refractivity contribution in [2.24, 2.45) is 0 Å². The molecule has 0 saturated carbocycles. The molecule has 0 radical (unpaired) electrons. The Balaban J connectivity index is 2.15. The molecule has 3 nitrogen and oxygen atoms in total. The van der Waals surface area contributed by atoms with E-state index in [-0.39, 0.29) is 11.9 Å². The van der Waals surface area contributed by atoms with E-state index in [2.05, 4.69) is 31.3 Å². The van der Waals surface area contributed by atoms with Crippen LogP contribution in [-0.2, 0) is 4.79 Å². The van der Waals surface area contributed by atoms with Gasteiger partial charge in [0, 0.05) is 0 Å². The molecule has 2 rings (SSSR count). The van der Waals surface area contributed by atoms with Gasteiger partial charge in [0.1, 0.15) is 6.04 Å². The van der Waals surface area contributed by atoms with Crippen LogP contribution in [0.5, 0.6) is 0 Å². The quantitative estimate of drug-likeness (QED) is 0.847. The summed E-state index contributed by atoms with van der Waals surface area (Å²) >= 11 is 7.04. The first-order valence-corrected chi connectivity index (χ1v) is 8.58. The molecule has 1 fully saturated rings. The number of rotatable bonds is 5. The molecule has 1 aromatic rings. The fourth-order valence-corrected chi connectivity index (χ4v) is 3.02. The van der Waals surface area contributed by atoms with Crippen molar-refractivity contribution < 1.29 is 4.79 Å². The molecule has 5 heteroatoms. The van der Waals surface area contributed by atoms with E-state index in [0.717, 1.165) is 17.9 Å². The summed E-state index contributed by atoms with van der Waals surface area (Å²) < 4.78 is 0. The Bertz CT molecular complexity index is 499. The number of hydrogen-bond donors (Lipinski definition) is 1. The van der Waals surface area contributed by atoms with Crippen molar-refractivity contribution in [3.05, 3.63) is 29.8 Å². The molecule has 0 unspecified atom stereocenters. The van der Waals surface area contributed by atoms with Crippen LogP contribution >= 0.6 is 24.0 Å². The smallest absolute Gasteiger partial charge is 0.255 e. The van der Waals surface area contributed by atoms with Gasteiger partial charge >= 0.3 is 0 Å². The molecule has 1 aliphatic rings. The topological polar surface area (TPSA) is 32.3 Å². The zero-order valence-electron chi connectivity index (χ0n) is 12.1. The fraction of sp³-hybridized carbons (Fsp3) is 0.467. The highest BCUT2D eigenvalue weighted by Crippen LogP contribution is 2.24. The van der Waals surface area contributed by atoms with E-state index in [0.29, 0.717) is 11.0 Å². The maximum absolute atomic E-state index is 12.4. The van der Waals surface area contributed by atoms with Crippen molar-refractivity contribution in [2.45, 2.75) is 32.2 Å². The number of thioether (sulfide) groups is 1. The van der Waals surface area contributed by atoms with Gasteiger partial charge in [-0.3, -0.25) is 9.69 Å². The molecule has 20 heavy (non-hydrogen) atoms. The first-order chi connectivity index (χ1) is 9.54. The molecule has 0 spiro atoms. The van der Waals surface area contributed by atoms with Crippen LogP contribution in [0.15, 0.2) is 24.3 Å². The summed E-state index contributed by atoms with van der Waals surface area (Å²) in [6.45, 7) is 4.31. The van der Waals surface area contributed by atoms with Crippen molar-refractivity contribution in [1.82, 2.24) is 5.32 Å². The highest BCUT2D eigenvalue weighted by molar-refractivity contribution is 7.98. The number of amides is 1. The Kier molecular flexibility index (Phi) is 5.05. The van der Waals surface area contributed by atoms with Crippen LogP contribution in [0, 0.1) is 0 Å². The van der Waals surface area contributed by atoms with E-state index < -0.39 is 0 Å². The molecule has 1 N–H and O–H groups in total. The number of anilines is 1. The van der Waals surface area contributed by atoms with Gasteiger partial charge in [-0.1, -0.05) is 26.0 Å². The van der Waals surface area contributed by atoms with Gasteiger partial charge < -0.3 is 5.32 Å². The van der Waals surface area contributed by atoms with Crippen molar-refractivity contribution in [3.8, 4) is 0 Å². The van der Waals surface area contributed by atoms with Gasteiger partial charge in [-0.15, -0.1) is 0 Å². The van der Waals surface area contributed by atoms with Crippen LogP contribution in [0.1, 0.15) is 31.7 Å². The molecule has 1 aromatic carbocycles. The molecular formula is C15H20N2OS2. The Morgan fingerprint density at radius 2 is 2.00 bits per heavy atom. The molecule has 0 aliphatic carbocycles. The summed E-state index contributed by atoms with van der Waals surface area (Å²) in [5.74, 6) is 1.49. The average Bonchev–Trinajstić information content (AvgIpc) is 2.71. The molecule has 1 heterocycles. The van der Waals surface area contributed by atoms with Crippen molar-refractivity contribution >= 4 is 40.7 Å². The number of nitrogens with one attached hydrogen (secondary N) is 1. The molecule has 108 valence electrons. The van der Waals surface area contributed by atoms with Crippen molar-refractivity contribution in [2.75, 3.05) is 16.9 Å². The third-order valence-electron chi connectivity index (χ3n) is 3.45. The number of benzene rings is 1. The highest BCUT2D eigenvalue weighted by atomic mass is 32.2. The Morgan fingerprint density at radius 1 is 1.35 bits per heavy atom. The van der Waals surface area contributed by atoms with Gasteiger partial charge in [0.2, 0.25) is 0 Å². The Morgan fingerprint density at radius 3 is 2.55 bits per heavy atom. The van der Waals surface area contributed by atoms with Gasteiger partial charge in [-0.2, -0.15) is 11.8 Å². The number of nitrogens with zero attached hydrogens (tertiary/aromatic N) is 1. The third-order valence-corrected chi connectivity index (χ3v) is 4.39. The van der Waals surface area contributed by atoms with E-state index >= 15 is 0 Å². The third kappa shape index (κ3) is 3.15. The zero-order chi connectivity index (χ0) is 14.7. The van der Waals surface area contributed by atoms with E-state index in [1.807, 2.05) is 18.4 Å². The molecular weight excluding hydrogens is 288 g/mol. The lowest BCUT2D eigenvalue weighted by atomic mass is 10.0. The number of carbonyl (C=O) groups excluding carboxylic acids is 1. The Hall–Kier alpha value is -1.07. The SMILES string of the molecule is CSCC[C@@H]1NC(=S)N(c2ccc(C(C)C)cc2)C1=O. The number of carbonyl (C=O) groups is 1. The normalized spacial score (nSPS) is 18.8. The largest absolute Gasteiger partial charge is 0.350 e. The molecule has 1 amide bonds. The van der Waals surface area contributed by atoms with Crippen LogP contribution < -0.4 is 10.2 Å². The van der Waals surface area contributed by atoms with E-state index in [4.69, 9.17) is 12.2 Å². The van der Waals surface area contributed by atoms with Gasteiger partial charge in [-0.25, -0.2) is 0 Å². The Labute approximate surface area is 130 Å². The van der Waals surface area contributed by atoms with Crippen LogP contribution in [0.4, 0.5) is 5.69 Å². The summed E-state index contributed by atoms with van der Waals surface area (Å²) in [4.78, 5) is 14.0. The van der Waals surface area contributed by atoms with Crippen LogP contribution in [0.2, 0.25) is 0 Å². The lowest BCUT2D eigenvalue weighted by molar-refractivity contribution is -0.118. The van der Waals surface area contributed by atoms with Crippen molar-refractivity contribution in [3.63, 3.8) is 0 Å². The highest BCUT2D eigenvalue weighted by Gasteiger charge is 2.35. The summed E-state index contributed by atoms with van der Waals surface area (Å²) in [5, 5.41) is 3.63. The lowest BCUT2D eigenvalue weighted by Gasteiger charge is -2.16. The van der Waals surface area contributed by atoms with Crippen molar-refractivity contribution in [1.29, 1.82) is 0 Å². The molecule has 0 aromatic heterocycles. The standard InChI is InChI=1S/C15H20N2OS2/c1-10(2)11-4-6-12(7-5-11)17-14(18)13(8-9-20-3)16-15(17)19/h4-7,10,13H,8-9H2,1-3H3,(H,16,19)/t13-/m0/s1. The molecule has 1 aliphatic heterocycles. The number of thiocarbonyl (C=S) groups is 1. The zero-order valence-corrected chi connectivity index (χ0v) is 13.7. The summed E-state index contributed by atoms with van der Waals surface area (Å²) in [5.41, 5.74) is 2.11. The number of hydrogen-bond acceptors (Lipinski definition) is 3. The first-order valence-electron chi connectivity index (χ1n) is 6.78. The second-order valence-electron chi connectivity index (χ2n) is 5.20. The second-order valence-corrected chi connectivity index (χ2v) is 6.58.